The number of ether oxygens (including phenoxy) is 2. The number of amides is 1. The molecule has 0 radical (unpaired) electrons. The minimum absolute atomic E-state index is 0.00149. The van der Waals surface area contributed by atoms with Crippen molar-refractivity contribution in [3.63, 3.8) is 0 Å². The van der Waals surface area contributed by atoms with E-state index in [1.165, 1.54) is 0 Å². The lowest BCUT2D eigenvalue weighted by Gasteiger charge is -2.29. The molecule has 0 bridgehead atoms. The molecule has 0 unspecified atom stereocenters. The fraction of sp³-hybridized carbons (Fsp3) is 0.385. The zero-order valence-corrected chi connectivity index (χ0v) is 20.3. The summed E-state index contributed by atoms with van der Waals surface area (Å²) in [5.41, 5.74) is 1.83. The normalized spacial score (nSPS) is 19.4. The molecule has 3 aromatic rings. The number of carbonyl (C=O) groups excluding carboxylic acids is 1. The van der Waals surface area contributed by atoms with Gasteiger partial charge in [-0.2, -0.15) is 18.3 Å². The van der Waals surface area contributed by atoms with Gasteiger partial charge in [-0.05, 0) is 81.0 Å². The molecule has 36 heavy (non-hydrogen) atoms. The van der Waals surface area contributed by atoms with Gasteiger partial charge in [0, 0.05) is 23.8 Å². The van der Waals surface area contributed by atoms with Crippen LogP contribution < -0.4 is 14.8 Å². The van der Waals surface area contributed by atoms with Crippen LogP contribution in [0.4, 0.5) is 13.2 Å². The number of fused-ring (bicyclic) bond motifs is 1. The Morgan fingerprint density at radius 2 is 1.83 bits per heavy atom. The Labute approximate surface area is 211 Å². The van der Waals surface area contributed by atoms with E-state index in [9.17, 15) is 18.0 Å². The molecule has 1 aliphatic carbocycles. The number of halogens is 4. The van der Waals surface area contributed by atoms with Crippen LogP contribution in [0.2, 0.25) is 5.02 Å². The highest BCUT2D eigenvalue weighted by molar-refractivity contribution is 6.33. The van der Waals surface area contributed by atoms with E-state index in [0.29, 0.717) is 11.7 Å². The maximum Gasteiger partial charge on any atom is 0.416 e. The lowest BCUT2D eigenvalue weighted by Crippen LogP contribution is -2.38. The van der Waals surface area contributed by atoms with Crippen LogP contribution in [-0.2, 0) is 12.7 Å². The van der Waals surface area contributed by atoms with Crippen molar-refractivity contribution in [3.8, 4) is 22.8 Å². The SMILES string of the molecule is Cc1cc(-c2ccc3c(c2)OCO3)nn1CC1CCC(NC(=O)c2cc(C(F)(F)F)ccc2Cl)CC1. The molecule has 1 aliphatic heterocycles. The average molecular weight is 520 g/mol. The van der Waals surface area contributed by atoms with Gasteiger partial charge in [-0.3, -0.25) is 9.48 Å². The number of rotatable bonds is 5. The van der Waals surface area contributed by atoms with Crippen LogP contribution in [-0.4, -0.2) is 28.5 Å². The average Bonchev–Trinajstić information content (AvgIpc) is 3.45. The molecule has 1 fully saturated rings. The van der Waals surface area contributed by atoms with Gasteiger partial charge < -0.3 is 14.8 Å². The predicted octanol–water partition coefficient (Wildman–Crippen LogP) is 6.25. The smallest absolute Gasteiger partial charge is 0.416 e. The maximum atomic E-state index is 13.0. The van der Waals surface area contributed by atoms with Gasteiger partial charge in [0.25, 0.3) is 5.91 Å². The summed E-state index contributed by atoms with van der Waals surface area (Å²) in [5, 5.41) is 7.65. The van der Waals surface area contributed by atoms with Crippen LogP contribution in [0, 0.1) is 12.8 Å². The summed E-state index contributed by atoms with van der Waals surface area (Å²) in [6.45, 7) is 3.01. The zero-order chi connectivity index (χ0) is 25.4. The zero-order valence-electron chi connectivity index (χ0n) is 19.6. The summed E-state index contributed by atoms with van der Waals surface area (Å²) in [7, 11) is 0. The summed E-state index contributed by atoms with van der Waals surface area (Å²) in [5.74, 6) is 1.25. The monoisotopic (exact) mass is 519 g/mol. The molecule has 1 aromatic heterocycles. The number of nitrogens with zero attached hydrogens (tertiary/aromatic N) is 2. The van der Waals surface area contributed by atoms with E-state index in [-0.39, 0.29) is 23.4 Å². The Kier molecular flexibility index (Phi) is 6.59. The lowest BCUT2D eigenvalue weighted by atomic mass is 9.86. The first-order chi connectivity index (χ1) is 17.2. The topological polar surface area (TPSA) is 65.4 Å². The van der Waals surface area contributed by atoms with Crippen molar-refractivity contribution in [3.05, 3.63) is 64.3 Å². The molecular weight excluding hydrogens is 495 g/mol. The molecular formula is C26H25ClF3N3O3. The number of benzene rings is 2. The molecule has 5 rings (SSSR count). The maximum absolute atomic E-state index is 13.0. The molecule has 6 nitrogen and oxygen atoms in total. The second-order valence-corrected chi connectivity index (χ2v) is 9.71. The molecule has 0 spiro atoms. The van der Waals surface area contributed by atoms with Crippen LogP contribution >= 0.6 is 11.6 Å². The Morgan fingerprint density at radius 3 is 2.58 bits per heavy atom. The van der Waals surface area contributed by atoms with Crippen molar-refractivity contribution >= 4 is 17.5 Å². The van der Waals surface area contributed by atoms with Gasteiger partial charge in [-0.15, -0.1) is 0 Å². The van der Waals surface area contributed by atoms with E-state index in [1.54, 1.807) is 0 Å². The second-order valence-electron chi connectivity index (χ2n) is 9.30. The first kappa shape index (κ1) is 24.5. The highest BCUT2D eigenvalue weighted by atomic mass is 35.5. The van der Waals surface area contributed by atoms with Crippen molar-refractivity contribution in [2.75, 3.05) is 6.79 Å². The van der Waals surface area contributed by atoms with E-state index >= 15 is 0 Å². The largest absolute Gasteiger partial charge is 0.454 e. The van der Waals surface area contributed by atoms with Gasteiger partial charge >= 0.3 is 6.18 Å². The highest BCUT2D eigenvalue weighted by Crippen LogP contribution is 2.36. The number of hydrogen-bond donors (Lipinski definition) is 1. The number of carbonyl (C=O) groups is 1. The summed E-state index contributed by atoms with van der Waals surface area (Å²) in [4.78, 5) is 12.6. The fourth-order valence-electron chi connectivity index (χ4n) is 4.76. The molecule has 1 saturated carbocycles. The molecule has 190 valence electrons. The van der Waals surface area contributed by atoms with E-state index < -0.39 is 17.6 Å². The lowest BCUT2D eigenvalue weighted by molar-refractivity contribution is -0.137. The second kappa shape index (κ2) is 9.69. The van der Waals surface area contributed by atoms with Gasteiger partial charge in [0.1, 0.15) is 0 Å². The summed E-state index contributed by atoms with van der Waals surface area (Å²) in [6.07, 6.45) is -1.31. The van der Waals surface area contributed by atoms with Crippen LogP contribution in [0.25, 0.3) is 11.3 Å². The van der Waals surface area contributed by atoms with E-state index in [2.05, 4.69) is 5.32 Å². The third-order valence-corrected chi connectivity index (χ3v) is 7.13. The Bertz CT molecular complexity index is 1280. The third kappa shape index (κ3) is 5.16. The molecule has 10 heteroatoms. The quantitative estimate of drug-likeness (QED) is 0.433. The fourth-order valence-corrected chi connectivity index (χ4v) is 4.97. The molecule has 1 N–H and O–H groups in total. The first-order valence-electron chi connectivity index (χ1n) is 11.8. The summed E-state index contributed by atoms with van der Waals surface area (Å²) in [6, 6.07) is 10.5. The van der Waals surface area contributed by atoms with Gasteiger partial charge in [-0.1, -0.05) is 11.6 Å². The number of aromatic nitrogens is 2. The van der Waals surface area contributed by atoms with Crippen molar-refractivity contribution in [1.29, 1.82) is 0 Å². The van der Waals surface area contributed by atoms with E-state index in [0.717, 1.165) is 73.1 Å². The highest BCUT2D eigenvalue weighted by Gasteiger charge is 2.32. The summed E-state index contributed by atoms with van der Waals surface area (Å²) < 4.78 is 51.9. The molecule has 1 amide bonds. The summed E-state index contributed by atoms with van der Waals surface area (Å²) >= 11 is 6.01. The van der Waals surface area contributed by atoms with Gasteiger partial charge in [0.05, 0.1) is 21.8 Å². The van der Waals surface area contributed by atoms with Crippen LogP contribution in [0.5, 0.6) is 11.5 Å². The Hall–Kier alpha value is -3.20. The van der Waals surface area contributed by atoms with Crippen LogP contribution in [0.1, 0.15) is 47.3 Å². The Balaban J connectivity index is 1.18. The number of alkyl halides is 3. The molecule has 0 atom stereocenters. The number of aryl methyl sites for hydroxylation is 1. The molecule has 0 saturated heterocycles. The first-order valence-corrected chi connectivity index (χ1v) is 12.2. The van der Waals surface area contributed by atoms with Crippen molar-refractivity contribution in [2.24, 2.45) is 5.92 Å². The van der Waals surface area contributed by atoms with Crippen molar-refractivity contribution in [1.82, 2.24) is 15.1 Å². The standard InChI is InChI=1S/C26H25ClF3N3O3/c1-15-10-22(17-4-9-23-24(11-17)36-14-35-23)32-33(15)13-16-2-6-19(7-3-16)31-25(34)20-12-18(26(28,29)30)5-8-21(20)27/h4-5,8-12,16,19H,2-3,6-7,13-14H2,1H3,(H,31,34). The van der Waals surface area contributed by atoms with Gasteiger partial charge in [0.2, 0.25) is 6.79 Å². The van der Waals surface area contributed by atoms with Crippen LogP contribution in [0.3, 0.4) is 0 Å². The Morgan fingerprint density at radius 1 is 1.08 bits per heavy atom. The van der Waals surface area contributed by atoms with Crippen LogP contribution in [0.15, 0.2) is 42.5 Å². The molecule has 2 heterocycles. The predicted molar refractivity (Wildman–Crippen MR) is 128 cm³/mol. The molecule has 2 aliphatic rings. The minimum atomic E-state index is -4.54. The van der Waals surface area contributed by atoms with Gasteiger partial charge in [0.15, 0.2) is 11.5 Å². The number of hydrogen-bond acceptors (Lipinski definition) is 4. The third-order valence-electron chi connectivity index (χ3n) is 6.80. The molecule has 2 aromatic carbocycles. The van der Waals surface area contributed by atoms with Crippen molar-refractivity contribution in [2.45, 2.75) is 51.4 Å². The van der Waals surface area contributed by atoms with E-state index in [4.69, 9.17) is 26.2 Å². The van der Waals surface area contributed by atoms with Gasteiger partial charge in [-0.25, -0.2) is 0 Å². The van der Waals surface area contributed by atoms with E-state index in [1.807, 2.05) is 35.9 Å². The number of nitrogens with one attached hydrogen (secondary N) is 1. The van der Waals surface area contributed by atoms with Crippen molar-refractivity contribution < 1.29 is 27.4 Å². The minimum Gasteiger partial charge on any atom is -0.454 e.